The van der Waals surface area contributed by atoms with Gasteiger partial charge in [0.25, 0.3) is 0 Å². The molecule has 0 aromatic carbocycles. The molecule has 7 nitrogen and oxygen atoms in total. The number of pyridine rings is 1. The lowest BCUT2D eigenvalue weighted by atomic mass is 10.0. The Morgan fingerprint density at radius 1 is 1.32 bits per heavy atom. The van der Waals surface area contributed by atoms with E-state index < -0.39 is 23.1 Å². The summed E-state index contributed by atoms with van der Waals surface area (Å²) in [6.45, 7) is 8.53. The lowest BCUT2D eigenvalue weighted by Gasteiger charge is -2.19. The summed E-state index contributed by atoms with van der Waals surface area (Å²) in [6, 6.07) is 1.31. The summed E-state index contributed by atoms with van der Waals surface area (Å²) in [5.74, 6) is -0.579. The fourth-order valence-corrected chi connectivity index (χ4v) is 2.14. The predicted molar refractivity (Wildman–Crippen MR) is 90.6 cm³/mol. The second-order valence-electron chi connectivity index (χ2n) is 7.29. The van der Waals surface area contributed by atoms with Crippen LogP contribution in [0, 0.1) is 5.82 Å². The van der Waals surface area contributed by atoms with E-state index >= 15 is 0 Å². The van der Waals surface area contributed by atoms with E-state index in [1.165, 1.54) is 37.0 Å². The summed E-state index contributed by atoms with van der Waals surface area (Å²) in [4.78, 5) is 15.7. The molecule has 1 amide bonds. The maximum atomic E-state index is 14.1. The molecule has 0 atom stereocenters. The summed E-state index contributed by atoms with van der Waals surface area (Å²) < 4.78 is 20.8. The number of aliphatic hydroxyl groups is 1. The molecular weight excluding hydrogens is 327 g/mol. The van der Waals surface area contributed by atoms with Gasteiger partial charge in [0.15, 0.2) is 0 Å². The molecular formula is C17H23FN4O3. The van der Waals surface area contributed by atoms with Crippen LogP contribution in [0.25, 0.3) is 0 Å². The monoisotopic (exact) mass is 350 g/mol. The van der Waals surface area contributed by atoms with Crippen LogP contribution in [0.1, 0.15) is 45.9 Å². The number of nitrogens with zero attached hydrogens (tertiary/aromatic N) is 3. The summed E-state index contributed by atoms with van der Waals surface area (Å²) >= 11 is 0. The first kappa shape index (κ1) is 18.9. The van der Waals surface area contributed by atoms with Crippen molar-refractivity contribution in [3.8, 4) is 0 Å². The minimum Gasteiger partial charge on any atom is -0.444 e. The number of hydrogen-bond donors (Lipinski definition) is 2. The van der Waals surface area contributed by atoms with Gasteiger partial charge in [-0.2, -0.15) is 5.10 Å². The van der Waals surface area contributed by atoms with Crippen molar-refractivity contribution in [2.75, 3.05) is 5.32 Å². The average molecular weight is 350 g/mol. The lowest BCUT2D eigenvalue weighted by molar-refractivity contribution is 0.0635. The van der Waals surface area contributed by atoms with Gasteiger partial charge in [0.1, 0.15) is 22.7 Å². The van der Waals surface area contributed by atoms with Crippen LogP contribution < -0.4 is 5.32 Å². The van der Waals surface area contributed by atoms with E-state index in [2.05, 4.69) is 15.4 Å². The predicted octanol–water partition coefficient (Wildman–Crippen LogP) is 3.04. The Morgan fingerprint density at radius 2 is 2.00 bits per heavy atom. The van der Waals surface area contributed by atoms with Crippen LogP contribution in [-0.2, 0) is 16.9 Å². The van der Waals surface area contributed by atoms with Gasteiger partial charge in [0.2, 0.25) is 0 Å². The Kier molecular flexibility index (Phi) is 5.12. The highest BCUT2D eigenvalue weighted by atomic mass is 19.1. The van der Waals surface area contributed by atoms with Crippen LogP contribution in [0.2, 0.25) is 0 Å². The highest BCUT2D eigenvalue weighted by molar-refractivity contribution is 5.84. The molecule has 0 saturated carbocycles. The molecule has 2 aromatic heterocycles. The molecule has 136 valence electrons. The molecule has 0 unspecified atom stereocenters. The first-order chi connectivity index (χ1) is 11.4. The second-order valence-corrected chi connectivity index (χ2v) is 7.29. The van der Waals surface area contributed by atoms with Crippen molar-refractivity contribution in [1.29, 1.82) is 0 Å². The summed E-state index contributed by atoms with van der Waals surface area (Å²) in [6.07, 6.45) is 3.98. The van der Waals surface area contributed by atoms with Crippen molar-refractivity contribution in [3.05, 3.63) is 41.7 Å². The van der Waals surface area contributed by atoms with Crippen LogP contribution in [0.5, 0.6) is 0 Å². The third kappa shape index (κ3) is 5.53. The third-order valence-corrected chi connectivity index (χ3v) is 3.10. The molecule has 0 bridgehead atoms. The van der Waals surface area contributed by atoms with E-state index in [-0.39, 0.29) is 12.2 Å². The Hall–Kier alpha value is -2.48. The molecule has 0 aliphatic heterocycles. The van der Waals surface area contributed by atoms with Crippen LogP contribution in [0.15, 0.2) is 24.7 Å². The SMILES string of the molecule is CC(C)(C)OC(=O)Nc1cnn(Cc2cnc(C(C)(C)O)c(F)c2)c1. The number of hydrogen-bond acceptors (Lipinski definition) is 5. The summed E-state index contributed by atoms with van der Waals surface area (Å²) in [5, 5.41) is 16.5. The van der Waals surface area contributed by atoms with Gasteiger partial charge in [-0.15, -0.1) is 0 Å². The van der Waals surface area contributed by atoms with E-state index in [4.69, 9.17) is 4.74 Å². The summed E-state index contributed by atoms with van der Waals surface area (Å²) in [5.41, 5.74) is -0.901. The number of anilines is 1. The van der Waals surface area contributed by atoms with Crippen LogP contribution in [-0.4, -0.2) is 31.6 Å². The highest BCUT2D eigenvalue weighted by Crippen LogP contribution is 2.21. The summed E-state index contributed by atoms with van der Waals surface area (Å²) in [7, 11) is 0. The fraction of sp³-hybridized carbons (Fsp3) is 0.471. The van der Waals surface area contributed by atoms with Crippen molar-refractivity contribution in [1.82, 2.24) is 14.8 Å². The average Bonchev–Trinajstić information content (AvgIpc) is 2.81. The largest absolute Gasteiger partial charge is 0.444 e. The van der Waals surface area contributed by atoms with E-state index in [1.807, 2.05) is 0 Å². The lowest BCUT2D eigenvalue weighted by Crippen LogP contribution is -2.27. The number of carbonyl (C=O) groups is 1. The Balaban J connectivity index is 2.04. The first-order valence-corrected chi connectivity index (χ1v) is 7.84. The number of halogens is 1. The highest BCUT2D eigenvalue weighted by Gasteiger charge is 2.22. The van der Waals surface area contributed by atoms with E-state index in [0.29, 0.717) is 11.3 Å². The molecule has 2 aromatic rings. The molecule has 8 heteroatoms. The van der Waals surface area contributed by atoms with Gasteiger partial charge in [0, 0.05) is 12.4 Å². The van der Waals surface area contributed by atoms with Crippen molar-refractivity contribution in [2.24, 2.45) is 0 Å². The molecule has 0 aliphatic rings. The van der Waals surface area contributed by atoms with Gasteiger partial charge in [-0.1, -0.05) is 0 Å². The van der Waals surface area contributed by atoms with Crippen molar-refractivity contribution in [2.45, 2.75) is 52.4 Å². The molecule has 2 heterocycles. The molecule has 0 spiro atoms. The van der Waals surface area contributed by atoms with E-state index in [1.54, 1.807) is 27.0 Å². The van der Waals surface area contributed by atoms with Crippen LogP contribution >= 0.6 is 0 Å². The number of amides is 1. The maximum Gasteiger partial charge on any atom is 0.412 e. The van der Waals surface area contributed by atoms with Gasteiger partial charge in [0.05, 0.1) is 18.4 Å². The Morgan fingerprint density at radius 3 is 2.56 bits per heavy atom. The molecule has 0 fully saturated rings. The molecule has 2 rings (SSSR count). The molecule has 0 aliphatic carbocycles. The van der Waals surface area contributed by atoms with Gasteiger partial charge >= 0.3 is 6.09 Å². The zero-order valence-electron chi connectivity index (χ0n) is 15.0. The number of rotatable bonds is 4. The quantitative estimate of drug-likeness (QED) is 0.885. The van der Waals surface area contributed by atoms with Gasteiger partial charge in [-0.05, 0) is 46.2 Å². The van der Waals surface area contributed by atoms with Gasteiger partial charge < -0.3 is 9.84 Å². The molecule has 0 radical (unpaired) electrons. The minimum absolute atomic E-state index is 0.0102. The van der Waals surface area contributed by atoms with Crippen LogP contribution in [0.3, 0.4) is 0 Å². The molecule has 0 saturated heterocycles. The standard InChI is InChI=1S/C17H23FN4O3/c1-16(2,3)25-15(23)21-12-8-20-22(10-12)9-11-6-13(18)14(19-7-11)17(4,5)24/h6-8,10,24H,9H2,1-5H3,(H,21,23). The number of ether oxygens (including phenoxy) is 1. The third-order valence-electron chi connectivity index (χ3n) is 3.10. The zero-order chi connectivity index (χ0) is 18.8. The number of nitrogens with one attached hydrogen (secondary N) is 1. The van der Waals surface area contributed by atoms with Crippen molar-refractivity contribution < 1.29 is 19.0 Å². The Bertz CT molecular complexity index is 760. The first-order valence-electron chi connectivity index (χ1n) is 7.84. The topological polar surface area (TPSA) is 89.3 Å². The second kappa shape index (κ2) is 6.79. The van der Waals surface area contributed by atoms with Gasteiger partial charge in [-0.25, -0.2) is 9.18 Å². The zero-order valence-corrected chi connectivity index (χ0v) is 15.0. The van der Waals surface area contributed by atoms with E-state index in [0.717, 1.165) is 0 Å². The van der Waals surface area contributed by atoms with Crippen molar-refractivity contribution >= 4 is 11.8 Å². The molecule has 2 N–H and O–H groups in total. The normalized spacial score (nSPS) is 12.1. The molecule has 25 heavy (non-hydrogen) atoms. The van der Waals surface area contributed by atoms with Crippen LogP contribution in [0.4, 0.5) is 14.9 Å². The Labute approximate surface area is 145 Å². The minimum atomic E-state index is -1.35. The van der Waals surface area contributed by atoms with E-state index in [9.17, 15) is 14.3 Å². The fourth-order valence-electron chi connectivity index (χ4n) is 2.14. The number of aromatic nitrogens is 3. The number of carbonyl (C=O) groups excluding carboxylic acids is 1. The van der Waals surface area contributed by atoms with Crippen molar-refractivity contribution in [3.63, 3.8) is 0 Å². The maximum absolute atomic E-state index is 14.1. The smallest absolute Gasteiger partial charge is 0.412 e. The van der Waals surface area contributed by atoms with Gasteiger partial charge in [-0.3, -0.25) is 15.0 Å².